The van der Waals surface area contributed by atoms with Gasteiger partial charge < -0.3 is 15.0 Å². The third kappa shape index (κ3) is 2.65. The molecule has 102 valence electrons. The van der Waals surface area contributed by atoms with Gasteiger partial charge in [0.15, 0.2) is 0 Å². The lowest BCUT2D eigenvalue weighted by atomic mass is 9.99. The Kier molecular flexibility index (Phi) is 3.53. The molecule has 2 atom stereocenters. The summed E-state index contributed by atoms with van der Waals surface area (Å²) in [7, 11) is 0. The van der Waals surface area contributed by atoms with Crippen LogP contribution < -0.4 is 10.2 Å². The van der Waals surface area contributed by atoms with Crippen LogP contribution >= 0.6 is 0 Å². The fraction of sp³-hybridized carbons (Fsp3) is 0.533. The van der Waals surface area contributed by atoms with Gasteiger partial charge in [0, 0.05) is 18.2 Å². The van der Waals surface area contributed by atoms with Crippen molar-refractivity contribution in [1.82, 2.24) is 5.32 Å². The van der Waals surface area contributed by atoms with Crippen molar-refractivity contribution < 1.29 is 9.53 Å². The number of hydrogen-bond acceptors (Lipinski definition) is 3. The van der Waals surface area contributed by atoms with E-state index in [0.29, 0.717) is 12.5 Å². The highest BCUT2D eigenvalue weighted by Gasteiger charge is 2.33. The molecule has 0 saturated carbocycles. The van der Waals surface area contributed by atoms with Crippen LogP contribution in [0, 0.1) is 12.8 Å². The molecule has 1 aromatic carbocycles. The number of benzene rings is 1. The number of amides is 1. The van der Waals surface area contributed by atoms with Gasteiger partial charge in [0.1, 0.15) is 6.61 Å². The Bertz CT molecular complexity index is 469. The topological polar surface area (TPSA) is 41.6 Å². The number of morpholine rings is 1. The normalized spacial score (nSPS) is 27.8. The molecule has 0 radical (unpaired) electrons. The minimum absolute atomic E-state index is 0.0628. The van der Waals surface area contributed by atoms with Crippen molar-refractivity contribution in [3.63, 3.8) is 0 Å². The van der Waals surface area contributed by atoms with Gasteiger partial charge in [-0.2, -0.15) is 0 Å². The molecular formula is C15H20N2O2. The molecule has 1 N–H and O–H groups in total. The molecule has 1 aromatic rings. The Morgan fingerprint density at radius 2 is 2.32 bits per heavy atom. The minimum atomic E-state index is 0.0628. The van der Waals surface area contributed by atoms with Gasteiger partial charge in [-0.25, -0.2) is 0 Å². The van der Waals surface area contributed by atoms with Crippen LogP contribution in [-0.4, -0.2) is 38.3 Å². The second-order valence-electron chi connectivity index (χ2n) is 5.45. The van der Waals surface area contributed by atoms with Crippen LogP contribution in [0.1, 0.15) is 12.0 Å². The lowest BCUT2D eigenvalue weighted by Gasteiger charge is -2.35. The highest BCUT2D eigenvalue weighted by molar-refractivity contribution is 5.95. The number of ether oxygens (including phenoxy) is 1. The summed E-state index contributed by atoms with van der Waals surface area (Å²) in [6, 6.07) is 8.11. The fourth-order valence-electron chi connectivity index (χ4n) is 2.92. The van der Waals surface area contributed by atoms with E-state index < -0.39 is 0 Å². The second kappa shape index (κ2) is 5.31. The second-order valence-corrected chi connectivity index (χ2v) is 5.45. The number of rotatable bonds is 2. The maximum Gasteiger partial charge on any atom is 0.253 e. The number of nitrogens with one attached hydrogen (secondary N) is 1. The summed E-state index contributed by atoms with van der Waals surface area (Å²) in [6.45, 7) is 4.99. The number of carbonyl (C=O) groups is 1. The first kappa shape index (κ1) is 12.6. The molecule has 4 heteroatoms. The van der Waals surface area contributed by atoms with E-state index in [0.717, 1.165) is 25.2 Å². The van der Waals surface area contributed by atoms with E-state index in [4.69, 9.17) is 4.74 Å². The van der Waals surface area contributed by atoms with Crippen LogP contribution in [0.5, 0.6) is 0 Å². The van der Waals surface area contributed by atoms with Gasteiger partial charge in [-0.05, 0) is 37.6 Å². The van der Waals surface area contributed by atoms with Gasteiger partial charge in [-0.15, -0.1) is 0 Å². The summed E-state index contributed by atoms with van der Waals surface area (Å²) in [6.07, 6.45) is 1.30. The van der Waals surface area contributed by atoms with Crippen LogP contribution in [0.3, 0.4) is 0 Å². The Morgan fingerprint density at radius 3 is 3.05 bits per heavy atom. The SMILES string of the molecule is Cc1cccc(N2CC(C3CCNC3)OCC2=O)c1. The summed E-state index contributed by atoms with van der Waals surface area (Å²) in [5.41, 5.74) is 2.17. The molecule has 3 rings (SSSR count). The highest BCUT2D eigenvalue weighted by Crippen LogP contribution is 2.24. The third-order valence-electron chi connectivity index (χ3n) is 4.02. The number of aryl methyl sites for hydroxylation is 1. The molecule has 0 spiro atoms. The van der Waals surface area contributed by atoms with Gasteiger partial charge >= 0.3 is 0 Å². The zero-order valence-corrected chi connectivity index (χ0v) is 11.3. The molecule has 2 aliphatic heterocycles. The summed E-state index contributed by atoms with van der Waals surface area (Å²) in [5.74, 6) is 0.591. The van der Waals surface area contributed by atoms with Crippen molar-refractivity contribution in [3.8, 4) is 0 Å². The Morgan fingerprint density at radius 1 is 1.42 bits per heavy atom. The Hall–Kier alpha value is -1.39. The molecular weight excluding hydrogens is 240 g/mol. The largest absolute Gasteiger partial charge is 0.366 e. The molecule has 2 fully saturated rings. The van der Waals surface area contributed by atoms with Crippen LogP contribution in [0.4, 0.5) is 5.69 Å². The molecule has 19 heavy (non-hydrogen) atoms. The fourth-order valence-corrected chi connectivity index (χ4v) is 2.92. The van der Waals surface area contributed by atoms with Crippen molar-refractivity contribution >= 4 is 11.6 Å². The Balaban J connectivity index is 1.77. The zero-order chi connectivity index (χ0) is 13.2. The number of hydrogen-bond donors (Lipinski definition) is 1. The van der Waals surface area contributed by atoms with Crippen LogP contribution in [0.25, 0.3) is 0 Å². The van der Waals surface area contributed by atoms with Gasteiger partial charge in [0.25, 0.3) is 5.91 Å². The summed E-state index contributed by atoms with van der Waals surface area (Å²) < 4.78 is 5.72. The quantitative estimate of drug-likeness (QED) is 0.872. The van der Waals surface area contributed by atoms with E-state index in [2.05, 4.69) is 11.4 Å². The maximum absolute atomic E-state index is 12.1. The van der Waals surface area contributed by atoms with E-state index >= 15 is 0 Å². The van der Waals surface area contributed by atoms with Crippen molar-refractivity contribution in [1.29, 1.82) is 0 Å². The number of nitrogens with zero attached hydrogens (tertiary/aromatic N) is 1. The van der Waals surface area contributed by atoms with E-state index in [1.165, 1.54) is 5.56 Å². The van der Waals surface area contributed by atoms with E-state index in [1.54, 1.807) is 0 Å². The molecule has 2 aliphatic rings. The average Bonchev–Trinajstić information content (AvgIpc) is 2.93. The van der Waals surface area contributed by atoms with Crippen LogP contribution in [0.2, 0.25) is 0 Å². The predicted molar refractivity (Wildman–Crippen MR) is 74.2 cm³/mol. The van der Waals surface area contributed by atoms with E-state index in [9.17, 15) is 4.79 Å². The molecule has 0 aromatic heterocycles. The molecule has 1 amide bonds. The first-order valence-electron chi connectivity index (χ1n) is 6.93. The monoisotopic (exact) mass is 260 g/mol. The molecule has 2 unspecified atom stereocenters. The van der Waals surface area contributed by atoms with Gasteiger partial charge in [0.2, 0.25) is 0 Å². The lowest BCUT2D eigenvalue weighted by molar-refractivity contribution is -0.131. The van der Waals surface area contributed by atoms with E-state index in [-0.39, 0.29) is 18.6 Å². The Labute approximate surface area is 113 Å². The van der Waals surface area contributed by atoms with Crippen molar-refractivity contribution in [2.45, 2.75) is 19.4 Å². The average molecular weight is 260 g/mol. The molecule has 2 heterocycles. The summed E-state index contributed by atoms with van der Waals surface area (Å²) in [4.78, 5) is 13.9. The minimum Gasteiger partial charge on any atom is -0.366 e. The molecule has 2 saturated heterocycles. The molecule has 4 nitrogen and oxygen atoms in total. The first-order valence-corrected chi connectivity index (χ1v) is 6.93. The highest BCUT2D eigenvalue weighted by atomic mass is 16.5. The smallest absolute Gasteiger partial charge is 0.253 e. The number of carbonyl (C=O) groups excluding carboxylic acids is 1. The standard InChI is InChI=1S/C15H20N2O2/c1-11-3-2-4-13(7-11)17-9-14(19-10-15(17)18)12-5-6-16-8-12/h2-4,7,12,14,16H,5-6,8-10H2,1H3. The van der Waals surface area contributed by atoms with Crippen LogP contribution in [-0.2, 0) is 9.53 Å². The van der Waals surface area contributed by atoms with E-state index in [1.807, 2.05) is 30.0 Å². The summed E-state index contributed by atoms with van der Waals surface area (Å²) >= 11 is 0. The van der Waals surface area contributed by atoms with Crippen molar-refractivity contribution in [2.24, 2.45) is 5.92 Å². The van der Waals surface area contributed by atoms with Gasteiger partial charge in [-0.3, -0.25) is 4.79 Å². The number of anilines is 1. The molecule has 0 aliphatic carbocycles. The van der Waals surface area contributed by atoms with Gasteiger partial charge in [0.05, 0.1) is 12.6 Å². The molecule has 0 bridgehead atoms. The predicted octanol–water partition coefficient (Wildman–Crippen LogP) is 1.34. The van der Waals surface area contributed by atoms with Crippen LogP contribution in [0.15, 0.2) is 24.3 Å². The maximum atomic E-state index is 12.1. The lowest BCUT2D eigenvalue weighted by Crippen LogP contribution is -2.49. The zero-order valence-electron chi connectivity index (χ0n) is 11.3. The first-order chi connectivity index (χ1) is 9.24. The van der Waals surface area contributed by atoms with Gasteiger partial charge in [-0.1, -0.05) is 12.1 Å². The third-order valence-corrected chi connectivity index (χ3v) is 4.02. The van der Waals surface area contributed by atoms with Crippen molar-refractivity contribution in [3.05, 3.63) is 29.8 Å². The van der Waals surface area contributed by atoms with Crippen molar-refractivity contribution in [2.75, 3.05) is 31.1 Å². The summed E-state index contributed by atoms with van der Waals surface area (Å²) in [5, 5.41) is 3.36.